The van der Waals surface area contributed by atoms with E-state index in [0.29, 0.717) is 0 Å². The van der Waals surface area contributed by atoms with Crippen LogP contribution in [0.4, 0.5) is 0 Å². The van der Waals surface area contributed by atoms with E-state index in [2.05, 4.69) is 16.0 Å². The first kappa shape index (κ1) is 27.8. The molecule has 4 atom stereocenters. The van der Waals surface area contributed by atoms with Crippen LogP contribution in [-0.4, -0.2) is 75.1 Å². The summed E-state index contributed by atoms with van der Waals surface area (Å²) < 4.78 is 0. The highest BCUT2D eigenvalue weighted by Crippen LogP contribution is 2.08. The van der Waals surface area contributed by atoms with Gasteiger partial charge in [0.1, 0.15) is 18.1 Å². The molecule has 0 spiro atoms. The minimum absolute atomic E-state index is 0.0733. The van der Waals surface area contributed by atoms with Gasteiger partial charge in [0.25, 0.3) is 0 Å². The molecular weight excluding hydrogens is 416 g/mol. The predicted octanol–water partition coefficient (Wildman–Crippen LogP) is -1.74. The number of aliphatic carboxylic acids is 3. The highest BCUT2D eigenvalue weighted by molar-refractivity contribution is 5.95. The highest BCUT2D eigenvalue weighted by Gasteiger charge is 2.31. The maximum atomic E-state index is 12.6. The lowest BCUT2D eigenvalue weighted by Crippen LogP contribution is -2.57. The first-order valence-electron chi connectivity index (χ1n) is 9.57. The van der Waals surface area contributed by atoms with Crippen LogP contribution in [0.15, 0.2) is 0 Å². The van der Waals surface area contributed by atoms with Gasteiger partial charge in [-0.2, -0.15) is 0 Å². The minimum atomic E-state index is -1.51. The monoisotopic (exact) mass is 446 g/mol. The van der Waals surface area contributed by atoms with Crippen molar-refractivity contribution in [1.82, 2.24) is 16.0 Å². The molecule has 0 aliphatic heterocycles. The molecule has 0 radical (unpaired) electrons. The van der Waals surface area contributed by atoms with Gasteiger partial charge >= 0.3 is 17.9 Å². The van der Waals surface area contributed by atoms with E-state index in [4.69, 9.17) is 15.9 Å². The number of hydrogen-bond acceptors (Lipinski definition) is 7. The lowest BCUT2D eigenvalue weighted by molar-refractivity contribution is -0.144. The van der Waals surface area contributed by atoms with Crippen molar-refractivity contribution < 1.29 is 44.1 Å². The third kappa shape index (κ3) is 11.5. The number of carboxylic acids is 3. The van der Waals surface area contributed by atoms with Crippen LogP contribution in [0.3, 0.4) is 0 Å². The fourth-order valence-corrected chi connectivity index (χ4v) is 2.46. The molecule has 0 heterocycles. The number of nitrogens with two attached hydrogens (primary N) is 1. The molecule has 4 unspecified atom stereocenters. The van der Waals surface area contributed by atoms with Gasteiger partial charge in [-0.15, -0.1) is 0 Å². The number of nitrogens with one attached hydrogen (secondary N) is 3. The largest absolute Gasteiger partial charge is 0.481 e. The zero-order valence-corrected chi connectivity index (χ0v) is 17.6. The van der Waals surface area contributed by atoms with E-state index >= 15 is 0 Å². The lowest BCUT2D eigenvalue weighted by Gasteiger charge is -2.25. The Bertz CT molecular complexity index is 694. The second kappa shape index (κ2) is 13.2. The SMILES string of the molecule is CC(C)CC(NC(=O)C(CC(=O)O)NC(=O)C(C)N)C(=O)NC(CCC(=O)O)C(=O)O. The summed E-state index contributed by atoms with van der Waals surface area (Å²) in [5, 5.41) is 33.6. The molecule has 0 saturated carbocycles. The van der Waals surface area contributed by atoms with Gasteiger partial charge in [0.15, 0.2) is 0 Å². The fraction of sp³-hybridized carbons (Fsp3) is 0.667. The number of carbonyl (C=O) groups excluding carboxylic acids is 3. The van der Waals surface area contributed by atoms with Crippen LogP contribution in [0.1, 0.15) is 46.5 Å². The van der Waals surface area contributed by atoms with Gasteiger partial charge < -0.3 is 37.0 Å². The molecule has 13 nitrogen and oxygen atoms in total. The molecule has 0 bridgehead atoms. The van der Waals surface area contributed by atoms with Gasteiger partial charge in [0.2, 0.25) is 17.7 Å². The van der Waals surface area contributed by atoms with E-state index in [-0.39, 0.29) is 18.8 Å². The molecule has 0 aromatic rings. The minimum Gasteiger partial charge on any atom is -0.481 e. The Morgan fingerprint density at radius 3 is 1.65 bits per heavy atom. The third-order valence-electron chi connectivity index (χ3n) is 4.03. The van der Waals surface area contributed by atoms with Crippen molar-refractivity contribution in [3.05, 3.63) is 0 Å². The van der Waals surface area contributed by atoms with E-state index in [0.717, 1.165) is 0 Å². The predicted molar refractivity (Wildman–Crippen MR) is 106 cm³/mol. The first-order valence-corrected chi connectivity index (χ1v) is 9.57. The van der Waals surface area contributed by atoms with E-state index in [1.807, 2.05) is 0 Å². The molecule has 0 aliphatic carbocycles. The Hall–Kier alpha value is -3.22. The molecule has 0 aromatic heterocycles. The second-order valence-electron chi connectivity index (χ2n) is 7.47. The molecule has 8 N–H and O–H groups in total. The van der Waals surface area contributed by atoms with E-state index in [9.17, 15) is 33.9 Å². The summed E-state index contributed by atoms with van der Waals surface area (Å²) in [6.07, 6.45) is -1.56. The smallest absolute Gasteiger partial charge is 0.326 e. The molecule has 0 rings (SSSR count). The Balaban J connectivity index is 5.45. The Kier molecular flexibility index (Phi) is 11.8. The fourth-order valence-electron chi connectivity index (χ4n) is 2.46. The van der Waals surface area contributed by atoms with Gasteiger partial charge in [-0.05, 0) is 25.7 Å². The van der Waals surface area contributed by atoms with Crippen LogP contribution in [0.25, 0.3) is 0 Å². The van der Waals surface area contributed by atoms with E-state index < -0.39 is 72.6 Å². The first-order chi connectivity index (χ1) is 14.2. The van der Waals surface area contributed by atoms with Crippen molar-refractivity contribution in [1.29, 1.82) is 0 Å². The number of hydrogen-bond donors (Lipinski definition) is 7. The van der Waals surface area contributed by atoms with Crippen molar-refractivity contribution in [2.45, 2.75) is 70.6 Å². The van der Waals surface area contributed by atoms with Crippen LogP contribution < -0.4 is 21.7 Å². The summed E-state index contributed by atoms with van der Waals surface area (Å²) in [7, 11) is 0. The third-order valence-corrected chi connectivity index (χ3v) is 4.03. The molecule has 31 heavy (non-hydrogen) atoms. The number of amides is 3. The van der Waals surface area contributed by atoms with Crippen LogP contribution in [0, 0.1) is 5.92 Å². The number of rotatable bonds is 14. The van der Waals surface area contributed by atoms with Crippen LogP contribution in [-0.2, 0) is 28.8 Å². The van der Waals surface area contributed by atoms with Crippen LogP contribution in [0.5, 0.6) is 0 Å². The second-order valence-corrected chi connectivity index (χ2v) is 7.47. The molecule has 176 valence electrons. The van der Waals surface area contributed by atoms with Gasteiger partial charge in [-0.3, -0.25) is 24.0 Å². The summed E-state index contributed by atoms with van der Waals surface area (Å²) in [6.45, 7) is 4.81. The molecule has 0 saturated heterocycles. The average Bonchev–Trinajstić information content (AvgIpc) is 2.62. The quantitative estimate of drug-likeness (QED) is 0.159. The molecule has 0 aliphatic rings. The van der Waals surface area contributed by atoms with Crippen molar-refractivity contribution in [3.8, 4) is 0 Å². The van der Waals surface area contributed by atoms with Crippen LogP contribution >= 0.6 is 0 Å². The molecule has 0 aromatic carbocycles. The Labute approximate surface area is 178 Å². The van der Waals surface area contributed by atoms with Gasteiger partial charge in [-0.25, -0.2) is 4.79 Å². The highest BCUT2D eigenvalue weighted by atomic mass is 16.4. The maximum absolute atomic E-state index is 12.6. The average molecular weight is 446 g/mol. The summed E-state index contributed by atoms with van der Waals surface area (Å²) in [5.74, 6) is -6.82. The topological polar surface area (TPSA) is 225 Å². The Morgan fingerprint density at radius 2 is 1.23 bits per heavy atom. The summed E-state index contributed by atoms with van der Waals surface area (Å²) in [6, 6.07) is -5.27. The van der Waals surface area contributed by atoms with Gasteiger partial charge in [-0.1, -0.05) is 13.8 Å². The van der Waals surface area contributed by atoms with Gasteiger partial charge in [0, 0.05) is 6.42 Å². The molecular formula is C18H30N4O9. The molecule has 13 heteroatoms. The normalized spacial score (nSPS) is 14.6. The maximum Gasteiger partial charge on any atom is 0.326 e. The van der Waals surface area contributed by atoms with Crippen molar-refractivity contribution in [2.24, 2.45) is 11.7 Å². The zero-order valence-electron chi connectivity index (χ0n) is 17.6. The Morgan fingerprint density at radius 1 is 0.742 bits per heavy atom. The zero-order chi connectivity index (χ0) is 24.3. The van der Waals surface area contributed by atoms with Crippen molar-refractivity contribution in [2.75, 3.05) is 0 Å². The summed E-state index contributed by atoms with van der Waals surface area (Å²) in [5.41, 5.74) is 5.41. The van der Waals surface area contributed by atoms with Crippen molar-refractivity contribution in [3.63, 3.8) is 0 Å². The summed E-state index contributed by atoms with van der Waals surface area (Å²) in [4.78, 5) is 70.0. The van der Waals surface area contributed by atoms with E-state index in [1.165, 1.54) is 6.92 Å². The molecule has 3 amide bonds. The number of carboxylic acid groups (broad SMARTS) is 3. The summed E-state index contributed by atoms with van der Waals surface area (Å²) >= 11 is 0. The van der Waals surface area contributed by atoms with Crippen molar-refractivity contribution >= 4 is 35.6 Å². The van der Waals surface area contributed by atoms with E-state index in [1.54, 1.807) is 13.8 Å². The van der Waals surface area contributed by atoms with Crippen LogP contribution in [0.2, 0.25) is 0 Å². The lowest BCUT2D eigenvalue weighted by atomic mass is 10.0. The molecule has 0 fully saturated rings. The standard InChI is InChI=1S/C18H30N4O9/c1-8(2)6-11(16(28)20-10(18(30)31)4-5-13(23)24)22-17(29)12(7-14(25)26)21-15(27)9(3)19/h8-12H,4-7,19H2,1-3H3,(H,20,28)(H,21,27)(H,22,29)(H,23,24)(H,25,26)(H,30,31). The number of carbonyl (C=O) groups is 6. The van der Waals surface area contributed by atoms with Gasteiger partial charge in [0.05, 0.1) is 12.5 Å².